The molecule has 5 nitrogen and oxygen atoms in total. The van der Waals surface area contributed by atoms with Crippen LogP contribution in [0.4, 0.5) is 20.2 Å². The molecule has 1 aromatic carbocycles. The fourth-order valence-corrected chi connectivity index (χ4v) is 1.24. The Morgan fingerprint density at radius 3 is 2.71 bits per heavy atom. The Morgan fingerprint density at radius 2 is 2.18 bits per heavy atom. The molecule has 0 spiro atoms. The van der Waals surface area contributed by atoms with Crippen LogP contribution in [0.2, 0.25) is 0 Å². The van der Waals surface area contributed by atoms with Crippen molar-refractivity contribution in [1.82, 2.24) is 0 Å². The van der Waals surface area contributed by atoms with Crippen LogP contribution in [0.25, 0.3) is 0 Å². The maximum atomic E-state index is 12.0. The average Bonchev–Trinajstić information content (AvgIpc) is 2.26. The summed E-state index contributed by atoms with van der Waals surface area (Å²) in [4.78, 5) is 10.0. The van der Waals surface area contributed by atoms with Crippen LogP contribution in [0, 0.1) is 10.1 Å². The molecule has 0 atom stereocenters. The van der Waals surface area contributed by atoms with E-state index in [9.17, 15) is 18.9 Å². The first kappa shape index (κ1) is 13.1. The maximum Gasteiger partial charge on any atom is 0.275 e. The summed E-state index contributed by atoms with van der Waals surface area (Å²) in [6, 6.07) is 3.88. The van der Waals surface area contributed by atoms with Crippen LogP contribution < -0.4 is 10.1 Å². The van der Waals surface area contributed by atoms with Crippen molar-refractivity contribution >= 4 is 11.4 Å². The Labute approximate surface area is 96.5 Å². The molecule has 1 aromatic rings. The highest BCUT2D eigenvalue weighted by atomic mass is 19.3. The summed E-state index contributed by atoms with van der Waals surface area (Å²) >= 11 is 0. The highest BCUT2D eigenvalue weighted by Crippen LogP contribution is 2.26. The van der Waals surface area contributed by atoms with Crippen molar-refractivity contribution in [2.75, 3.05) is 18.5 Å². The van der Waals surface area contributed by atoms with Crippen LogP contribution in [0.5, 0.6) is 5.75 Å². The van der Waals surface area contributed by atoms with E-state index in [1.54, 1.807) is 0 Å². The normalized spacial score (nSPS) is 10.4. The second-order valence-corrected chi connectivity index (χ2v) is 3.21. The summed E-state index contributed by atoms with van der Waals surface area (Å²) in [7, 11) is 0. The molecule has 17 heavy (non-hydrogen) atoms. The molecule has 0 bridgehead atoms. The third-order valence-corrected chi connectivity index (χ3v) is 1.86. The van der Waals surface area contributed by atoms with Gasteiger partial charge in [-0.15, -0.1) is 0 Å². The minimum Gasteiger partial charge on any atom is -0.487 e. The Bertz CT molecular complexity index is 399. The predicted octanol–water partition coefficient (Wildman–Crippen LogP) is 2.67. The molecule has 0 heterocycles. The fourth-order valence-electron chi connectivity index (χ4n) is 1.24. The molecule has 0 aliphatic rings. The molecule has 0 fully saturated rings. The number of nitro benzene ring substituents is 1. The van der Waals surface area contributed by atoms with Gasteiger partial charge in [0.2, 0.25) is 0 Å². The lowest BCUT2D eigenvalue weighted by molar-refractivity contribution is -0.384. The van der Waals surface area contributed by atoms with E-state index >= 15 is 0 Å². The van der Waals surface area contributed by atoms with Crippen molar-refractivity contribution in [2.45, 2.75) is 13.3 Å². The van der Waals surface area contributed by atoms with E-state index in [1.807, 2.05) is 6.92 Å². The standard InChI is InChI=1S/C10H12F2N2O3/c1-2-13-7-3-8(14(15)16)5-9(4-7)17-6-10(11)12/h3-5,10,13H,2,6H2,1H3. The number of halogens is 2. The first-order valence-electron chi connectivity index (χ1n) is 4.97. The Balaban J connectivity index is 2.91. The number of rotatable bonds is 6. The lowest BCUT2D eigenvalue weighted by atomic mass is 10.2. The van der Waals surface area contributed by atoms with Crippen molar-refractivity contribution < 1.29 is 18.4 Å². The van der Waals surface area contributed by atoms with Gasteiger partial charge in [-0.2, -0.15) is 0 Å². The van der Waals surface area contributed by atoms with Gasteiger partial charge in [0.15, 0.2) is 0 Å². The number of alkyl halides is 2. The van der Waals surface area contributed by atoms with Gasteiger partial charge in [-0.1, -0.05) is 0 Å². The van der Waals surface area contributed by atoms with Crippen LogP contribution in [-0.4, -0.2) is 24.5 Å². The van der Waals surface area contributed by atoms with E-state index in [-0.39, 0.29) is 11.4 Å². The lowest BCUT2D eigenvalue weighted by Crippen LogP contribution is -2.07. The third kappa shape index (κ3) is 4.21. The zero-order valence-electron chi connectivity index (χ0n) is 9.15. The molecule has 1 rings (SSSR count). The summed E-state index contributed by atoms with van der Waals surface area (Å²) in [5.41, 5.74) is 0.263. The van der Waals surface area contributed by atoms with Crippen molar-refractivity contribution in [1.29, 1.82) is 0 Å². The number of nitro groups is 1. The topological polar surface area (TPSA) is 64.4 Å². The summed E-state index contributed by atoms with van der Waals surface area (Å²) in [5, 5.41) is 13.5. The van der Waals surface area contributed by atoms with Crippen molar-refractivity contribution in [3.05, 3.63) is 28.3 Å². The Morgan fingerprint density at radius 1 is 1.47 bits per heavy atom. The molecule has 0 unspecified atom stereocenters. The molecule has 0 aliphatic heterocycles. The van der Waals surface area contributed by atoms with Crippen LogP contribution in [0.3, 0.4) is 0 Å². The minimum atomic E-state index is -2.61. The Hall–Kier alpha value is -1.92. The van der Waals surface area contributed by atoms with Gasteiger partial charge in [-0.05, 0) is 6.92 Å². The quantitative estimate of drug-likeness (QED) is 0.619. The van der Waals surface area contributed by atoms with E-state index in [0.717, 1.165) is 6.07 Å². The molecule has 0 saturated heterocycles. The van der Waals surface area contributed by atoms with Gasteiger partial charge in [0.1, 0.15) is 12.4 Å². The smallest absolute Gasteiger partial charge is 0.275 e. The number of nitrogens with zero attached hydrogens (tertiary/aromatic N) is 1. The van der Waals surface area contributed by atoms with E-state index in [2.05, 4.69) is 5.32 Å². The van der Waals surface area contributed by atoms with Gasteiger partial charge >= 0.3 is 0 Å². The molecule has 0 aromatic heterocycles. The van der Waals surface area contributed by atoms with E-state index in [4.69, 9.17) is 4.74 Å². The second-order valence-electron chi connectivity index (χ2n) is 3.21. The average molecular weight is 246 g/mol. The van der Waals surface area contributed by atoms with Gasteiger partial charge in [0.05, 0.1) is 11.0 Å². The number of benzene rings is 1. The molecule has 1 N–H and O–H groups in total. The highest BCUT2D eigenvalue weighted by molar-refractivity contribution is 5.56. The molecular weight excluding hydrogens is 234 g/mol. The predicted molar refractivity (Wildman–Crippen MR) is 58.8 cm³/mol. The monoisotopic (exact) mass is 246 g/mol. The van der Waals surface area contributed by atoms with E-state index in [0.29, 0.717) is 12.2 Å². The largest absolute Gasteiger partial charge is 0.487 e. The van der Waals surface area contributed by atoms with Gasteiger partial charge in [0.25, 0.3) is 12.1 Å². The molecule has 0 aliphatic carbocycles. The summed E-state index contributed by atoms with van der Waals surface area (Å²) in [6.07, 6.45) is -2.61. The van der Waals surface area contributed by atoms with E-state index < -0.39 is 18.0 Å². The number of hydrogen-bond donors (Lipinski definition) is 1. The Kier molecular flexibility index (Phi) is 4.62. The van der Waals surface area contributed by atoms with Gasteiger partial charge in [0, 0.05) is 24.4 Å². The highest BCUT2D eigenvalue weighted by Gasteiger charge is 2.11. The minimum absolute atomic E-state index is 0.0513. The van der Waals surface area contributed by atoms with Crippen molar-refractivity contribution in [3.63, 3.8) is 0 Å². The van der Waals surface area contributed by atoms with Gasteiger partial charge < -0.3 is 10.1 Å². The molecule has 94 valence electrons. The van der Waals surface area contributed by atoms with Gasteiger partial charge in [-0.25, -0.2) is 8.78 Å². The third-order valence-electron chi connectivity index (χ3n) is 1.86. The van der Waals surface area contributed by atoms with Crippen LogP contribution in [-0.2, 0) is 0 Å². The molecule has 0 saturated carbocycles. The van der Waals surface area contributed by atoms with Crippen LogP contribution in [0.15, 0.2) is 18.2 Å². The van der Waals surface area contributed by atoms with Crippen LogP contribution >= 0.6 is 0 Å². The van der Waals surface area contributed by atoms with Crippen molar-refractivity contribution in [3.8, 4) is 5.75 Å². The molecule has 7 heteroatoms. The van der Waals surface area contributed by atoms with Crippen molar-refractivity contribution in [2.24, 2.45) is 0 Å². The van der Waals surface area contributed by atoms with Gasteiger partial charge in [-0.3, -0.25) is 10.1 Å². The number of nitrogens with one attached hydrogen (secondary N) is 1. The maximum absolute atomic E-state index is 12.0. The number of ether oxygens (including phenoxy) is 1. The number of hydrogen-bond acceptors (Lipinski definition) is 4. The summed E-state index contributed by atoms with van der Waals surface area (Å²) in [5.74, 6) is 0.0513. The first-order valence-corrected chi connectivity index (χ1v) is 4.97. The number of non-ortho nitro benzene ring substituents is 1. The molecule has 0 amide bonds. The number of anilines is 1. The zero-order valence-corrected chi connectivity index (χ0v) is 9.15. The summed E-state index contributed by atoms with van der Waals surface area (Å²) in [6.45, 7) is 1.60. The molecule has 0 radical (unpaired) electrons. The lowest BCUT2D eigenvalue weighted by Gasteiger charge is -2.08. The zero-order chi connectivity index (χ0) is 12.8. The summed E-state index contributed by atoms with van der Waals surface area (Å²) < 4.78 is 28.7. The second kappa shape index (κ2) is 5.97. The van der Waals surface area contributed by atoms with E-state index in [1.165, 1.54) is 12.1 Å². The molecular formula is C10H12F2N2O3. The first-order chi connectivity index (χ1) is 8.02. The van der Waals surface area contributed by atoms with Crippen LogP contribution in [0.1, 0.15) is 6.92 Å². The fraction of sp³-hybridized carbons (Fsp3) is 0.400. The SMILES string of the molecule is CCNc1cc(OCC(F)F)cc([N+](=O)[O-])c1.